The molecule has 0 aromatic heterocycles. The Morgan fingerprint density at radius 2 is 1.56 bits per heavy atom. The number of hydrogen-bond acceptors (Lipinski definition) is 2. The fourth-order valence-corrected chi connectivity index (χ4v) is 3.03. The Morgan fingerprint density at radius 1 is 1.00 bits per heavy atom. The second-order valence-corrected chi connectivity index (χ2v) is 6.86. The first kappa shape index (κ1) is 19.2. The first-order valence-corrected chi connectivity index (χ1v) is 9.17. The lowest BCUT2D eigenvalue weighted by molar-refractivity contribution is -0.138. The Labute approximate surface area is 150 Å². The summed E-state index contributed by atoms with van der Waals surface area (Å²) in [6, 6.07) is 18.6. The number of benzene rings is 2. The zero-order valence-corrected chi connectivity index (χ0v) is 15.0. The molecule has 0 amide bonds. The summed E-state index contributed by atoms with van der Waals surface area (Å²) >= 11 is 0. The average Bonchev–Trinajstić information content (AvgIpc) is 2.64. The molecule has 1 fully saturated rings. The zero-order chi connectivity index (χ0) is 18.1. The Balaban J connectivity index is 0.000000269. The van der Waals surface area contributed by atoms with Crippen molar-refractivity contribution in [2.24, 2.45) is 5.73 Å². The molecular formula is C22H29NO2. The molecule has 1 aliphatic carbocycles. The van der Waals surface area contributed by atoms with Gasteiger partial charge < -0.3 is 10.8 Å². The summed E-state index contributed by atoms with van der Waals surface area (Å²) in [5, 5.41) is 8.94. The molecule has 3 rings (SSSR count). The van der Waals surface area contributed by atoms with Crippen LogP contribution in [0.2, 0.25) is 0 Å². The minimum Gasteiger partial charge on any atom is -0.481 e. The topological polar surface area (TPSA) is 63.3 Å². The van der Waals surface area contributed by atoms with Gasteiger partial charge >= 0.3 is 5.97 Å². The number of aliphatic carboxylic acids is 1. The van der Waals surface area contributed by atoms with Crippen molar-refractivity contribution < 1.29 is 9.90 Å². The van der Waals surface area contributed by atoms with E-state index in [9.17, 15) is 4.79 Å². The van der Waals surface area contributed by atoms with Crippen LogP contribution in [0.4, 0.5) is 0 Å². The van der Waals surface area contributed by atoms with E-state index < -0.39 is 11.9 Å². The molecule has 3 heteroatoms. The van der Waals surface area contributed by atoms with Gasteiger partial charge in [0.2, 0.25) is 0 Å². The number of rotatable bonds is 4. The third-order valence-corrected chi connectivity index (χ3v) is 4.75. The average molecular weight is 339 g/mol. The molecule has 1 aliphatic rings. The van der Waals surface area contributed by atoms with Crippen molar-refractivity contribution >= 4 is 5.97 Å². The van der Waals surface area contributed by atoms with Gasteiger partial charge in [-0.3, -0.25) is 4.79 Å². The normalized spacial score (nSPS) is 15.8. The van der Waals surface area contributed by atoms with Gasteiger partial charge in [-0.1, -0.05) is 73.9 Å². The van der Waals surface area contributed by atoms with E-state index in [1.54, 1.807) is 6.92 Å². The number of hydrogen-bond donors (Lipinski definition) is 2. The lowest BCUT2D eigenvalue weighted by atomic mass is 9.97. The van der Waals surface area contributed by atoms with Gasteiger partial charge in [-0.25, -0.2) is 0 Å². The van der Waals surface area contributed by atoms with E-state index >= 15 is 0 Å². The van der Waals surface area contributed by atoms with Crippen LogP contribution in [-0.2, 0) is 11.2 Å². The predicted molar refractivity (Wildman–Crippen MR) is 103 cm³/mol. The van der Waals surface area contributed by atoms with Crippen molar-refractivity contribution in [2.45, 2.75) is 57.4 Å². The monoisotopic (exact) mass is 339 g/mol. The number of carboxylic acid groups (broad SMARTS) is 1. The Kier molecular flexibility index (Phi) is 7.68. The van der Waals surface area contributed by atoms with Crippen LogP contribution in [0.3, 0.4) is 0 Å². The molecule has 3 nitrogen and oxygen atoms in total. The summed E-state index contributed by atoms with van der Waals surface area (Å²) in [4.78, 5) is 10.9. The highest BCUT2D eigenvalue weighted by Gasteiger charge is 2.12. The molecule has 0 heterocycles. The first-order chi connectivity index (χ1) is 12.1. The maximum absolute atomic E-state index is 10.9. The van der Waals surface area contributed by atoms with E-state index in [0.717, 1.165) is 12.0 Å². The molecule has 134 valence electrons. The van der Waals surface area contributed by atoms with Gasteiger partial charge in [0.05, 0.1) is 5.92 Å². The molecule has 1 unspecified atom stereocenters. The van der Waals surface area contributed by atoms with Crippen LogP contribution in [-0.4, -0.2) is 17.1 Å². The van der Waals surface area contributed by atoms with Crippen molar-refractivity contribution in [3.05, 3.63) is 71.3 Å². The Hall–Kier alpha value is -2.13. The highest BCUT2D eigenvalue weighted by atomic mass is 16.4. The largest absolute Gasteiger partial charge is 0.481 e. The highest BCUT2D eigenvalue weighted by Crippen LogP contribution is 2.17. The quantitative estimate of drug-likeness (QED) is 0.845. The van der Waals surface area contributed by atoms with E-state index in [-0.39, 0.29) is 0 Å². The van der Waals surface area contributed by atoms with Crippen molar-refractivity contribution in [1.82, 2.24) is 0 Å². The van der Waals surface area contributed by atoms with Crippen molar-refractivity contribution in [2.75, 3.05) is 0 Å². The molecule has 0 radical (unpaired) electrons. The molecule has 25 heavy (non-hydrogen) atoms. The summed E-state index contributed by atoms with van der Waals surface area (Å²) in [6.45, 7) is 1.70. The van der Waals surface area contributed by atoms with Gasteiger partial charge in [-0.05, 0) is 42.9 Å². The zero-order valence-electron chi connectivity index (χ0n) is 15.0. The smallest absolute Gasteiger partial charge is 0.310 e. The van der Waals surface area contributed by atoms with E-state index in [0.29, 0.717) is 6.04 Å². The molecule has 2 aromatic rings. The first-order valence-electron chi connectivity index (χ1n) is 9.17. The van der Waals surface area contributed by atoms with Crippen molar-refractivity contribution in [3.63, 3.8) is 0 Å². The molecule has 0 saturated heterocycles. The predicted octanol–water partition coefficient (Wildman–Crippen LogP) is 4.74. The van der Waals surface area contributed by atoms with E-state index in [1.807, 2.05) is 42.5 Å². The number of carboxylic acids is 1. The second kappa shape index (κ2) is 10.00. The van der Waals surface area contributed by atoms with E-state index in [2.05, 4.69) is 12.1 Å². The van der Waals surface area contributed by atoms with Crippen LogP contribution in [0.15, 0.2) is 54.6 Å². The van der Waals surface area contributed by atoms with Gasteiger partial charge in [-0.15, -0.1) is 0 Å². The van der Waals surface area contributed by atoms with Gasteiger partial charge in [0.25, 0.3) is 0 Å². The fourth-order valence-electron chi connectivity index (χ4n) is 3.03. The fraction of sp³-hybridized carbons (Fsp3) is 0.409. The van der Waals surface area contributed by atoms with Crippen LogP contribution < -0.4 is 5.73 Å². The summed E-state index contributed by atoms with van der Waals surface area (Å²) in [6.07, 6.45) is 7.54. The molecule has 2 aromatic carbocycles. The summed E-state index contributed by atoms with van der Waals surface area (Å²) in [5.41, 5.74) is 8.94. The second-order valence-electron chi connectivity index (χ2n) is 6.86. The van der Waals surface area contributed by atoms with Gasteiger partial charge in [-0.2, -0.15) is 0 Å². The van der Waals surface area contributed by atoms with Crippen LogP contribution in [0, 0.1) is 0 Å². The van der Waals surface area contributed by atoms with Crippen molar-refractivity contribution in [3.8, 4) is 0 Å². The van der Waals surface area contributed by atoms with Crippen LogP contribution >= 0.6 is 0 Å². The lowest BCUT2D eigenvalue weighted by Gasteiger charge is -2.15. The van der Waals surface area contributed by atoms with Gasteiger partial charge in [0.1, 0.15) is 0 Å². The number of nitrogens with two attached hydrogens (primary N) is 1. The minimum absolute atomic E-state index is 0.448. The summed E-state index contributed by atoms with van der Waals surface area (Å²) in [5.74, 6) is -1.23. The van der Waals surface area contributed by atoms with Crippen LogP contribution in [0.1, 0.15) is 61.6 Å². The van der Waals surface area contributed by atoms with Crippen LogP contribution in [0.25, 0.3) is 0 Å². The molecule has 1 saturated carbocycles. The van der Waals surface area contributed by atoms with E-state index in [1.165, 1.54) is 43.2 Å². The standard InChI is InChI=1S/C16H16O2.C6H13N/c1-12(16(17)18)15-9-7-14(8-10-15)11-13-5-3-2-4-6-13;7-6-4-2-1-3-5-6/h2-10,12H,11H2,1H3,(H,17,18);6H,1-5,7H2. The molecule has 0 bridgehead atoms. The minimum atomic E-state index is -0.786. The van der Waals surface area contributed by atoms with Gasteiger partial charge in [0, 0.05) is 6.04 Å². The molecule has 3 N–H and O–H groups in total. The maximum atomic E-state index is 10.9. The lowest BCUT2D eigenvalue weighted by Crippen LogP contribution is -2.22. The summed E-state index contributed by atoms with van der Waals surface area (Å²) in [7, 11) is 0. The third kappa shape index (κ3) is 6.71. The van der Waals surface area contributed by atoms with Crippen molar-refractivity contribution in [1.29, 1.82) is 0 Å². The van der Waals surface area contributed by atoms with E-state index in [4.69, 9.17) is 10.8 Å². The SMILES string of the molecule is CC(C(=O)O)c1ccc(Cc2ccccc2)cc1.NC1CCCCC1. The molecule has 0 spiro atoms. The third-order valence-electron chi connectivity index (χ3n) is 4.75. The molecular weight excluding hydrogens is 310 g/mol. The van der Waals surface area contributed by atoms with Crippen LogP contribution in [0.5, 0.6) is 0 Å². The molecule has 1 atom stereocenters. The highest BCUT2D eigenvalue weighted by molar-refractivity contribution is 5.75. The Morgan fingerprint density at radius 3 is 2.04 bits per heavy atom. The summed E-state index contributed by atoms with van der Waals surface area (Å²) < 4.78 is 0. The molecule has 0 aliphatic heterocycles. The van der Waals surface area contributed by atoms with Gasteiger partial charge in [0.15, 0.2) is 0 Å². The Bertz CT molecular complexity index is 631. The maximum Gasteiger partial charge on any atom is 0.310 e. The number of carbonyl (C=O) groups is 1.